The second kappa shape index (κ2) is 7.25. The summed E-state index contributed by atoms with van der Waals surface area (Å²) in [6.07, 6.45) is 3.31. The molecule has 0 radical (unpaired) electrons. The van der Waals surface area contributed by atoms with Gasteiger partial charge in [0.25, 0.3) is 0 Å². The Morgan fingerprint density at radius 3 is 2.80 bits per heavy atom. The molecule has 1 aromatic heterocycles. The third-order valence-electron chi connectivity index (χ3n) is 3.10. The fourth-order valence-corrected chi connectivity index (χ4v) is 2.83. The van der Waals surface area contributed by atoms with Crippen LogP contribution in [0.15, 0.2) is 39.4 Å². The van der Waals surface area contributed by atoms with Crippen LogP contribution in [-0.2, 0) is 6.42 Å². The smallest absolute Gasteiger partial charge is 0.197 e. The lowest BCUT2D eigenvalue weighted by Gasteiger charge is -2.18. The summed E-state index contributed by atoms with van der Waals surface area (Å²) < 4.78 is 19.1. The molecule has 108 valence electrons. The van der Waals surface area contributed by atoms with Gasteiger partial charge in [-0.05, 0) is 54.7 Å². The molecule has 1 N–H and O–H groups in total. The first-order valence-electron chi connectivity index (χ1n) is 6.52. The van der Waals surface area contributed by atoms with Crippen LogP contribution in [0.3, 0.4) is 0 Å². The van der Waals surface area contributed by atoms with Crippen molar-refractivity contribution in [2.24, 2.45) is 0 Å². The minimum Gasteiger partial charge on any atom is -0.453 e. The normalized spacial score (nSPS) is 12.6. The first-order chi connectivity index (χ1) is 9.61. The third kappa shape index (κ3) is 3.84. The van der Waals surface area contributed by atoms with Gasteiger partial charge >= 0.3 is 0 Å². The van der Waals surface area contributed by atoms with E-state index < -0.39 is 0 Å². The van der Waals surface area contributed by atoms with Crippen molar-refractivity contribution in [2.45, 2.75) is 25.8 Å². The zero-order valence-electron chi connectivity index (χ0n) is 11.1. The summed E-state index contributed by atoms with van der Waals surface area (Å²) in [5, 5.41) is 3.84. The number of halogens is 3. The van der Waals surface area contributed by atoms with E-state index in [0.29, 0.717) is 11.6 Å². The molecule has 0 saturated heterocycles. The quantitative estimate of drug-likeness (QED) is 0.773. The van der Waals surface area contributed by atoms with Crippen molar-refractivity contribution in [3.8, 4) is 0 Å². The van der Waals surface area contributed by atoms with Crippen molar-refractivity contribution in [3.05, 3.63) is 57.2 Å². The predicted molar refractivity (Wildman–Crippen MR) is 82.6 cm³/mol. The summed E-state index contributed by atoms with van der Waals surface area (Å²) in [7, 11) is 0. The molecule has 0 bridgehead atoms. The molecule has 2 rings (SSSR count). The molecule has 0 aliphatic rings. The Hall–Kier alpha value is -0.840. The van der Waals surface area contributed by atoms with Gasteiger partial charge in [-0.2, -0.15) is 0 Å². The Morgan fingerprint density at radius 2 is 2.20 bits per heavy atom. The summed E-state index contributed by atoms with van der Waals surface area (Å²) >= 11 is 9.47. The second-order valence-corrected chi connectivity index (χ2v) is 5.79. The zero-order chi connectivity index (χ0) is 14.5. The first-order valence-corrected chi connectivity index (χ1v) is 7.69. The maximum absolute atomic E-state index is 13.1. The van der Waals surface area contributed by atoms with Crippen LogP contribution in [0.4, 0.5) is 4.39 Å². The van der Waals surface area contributed by atoms with Crippen molar-refractivity contribution in [2.75, 3.05) is 6.54 Å². The van der Waals surface area contributed by atoms with Gasteiger partial charge in [-0.25, -0.2) is 4.39 Å². The van der Waals surface area contributed by atoms with Crippen LogP contribution in [0.2, 0.25) is 5.22 Å². The van der Waals surface area contributed by atoms with Crippen LogP contribution in [0.5, 0.6) is 0 Å². The molecule has 1 aromatic carbocycles. The average Bonchev–Trinajstić information content (AvgIpc) is 2.83. The largest absolute Gasteiger partial charge is 0.453 e. The van der Waals surface area contributed by atoms with E-state index in [-0.39, 0.29) is 11.9 Å². The lowest BCUT2D eigenvalue weighted by atomic mass is 10.0. The predicted octanol–water partition coefficient (Wildman–Crippen LogP) is 5.12. The van der Waals surface area contributed by atoms with E-state index in [2.05, 4.69) is 28.2 Å². The van der Waals surface area contributed by atoms with Crippen LogP contribution in [0.1, 0.15) is 30.5 Å². The van der Waals surface area contributed by atoms with E-state index in [0.717, 1.165) is 28.6 Å². The Labute approximate surface area is 131 Å². The van der Waals surface area contributed by atoms with Gasteiger partial charge in [0.15, 0.2) is 5.22 Å². The van der Waals surface area contributed by atoms with E-state index in [1.54, 1.807) is 12.3 Å². The van der Waals surface area contributed by atoms with Crippen molar-refractivity contribution >= 4 is 27.5 Å². The number of furan rings is 1. The van der Waals surface area contributed by atoms with E-state index in [9.17, 15) is 4.39 Å². The maximum Gasteiger partial charge on any atom is 0.197 e. The molecule has 0 saturated carbocycles. The molecule has 0 spiro atoms. The number of hydrogen-bond acceptors (Lipinski definition) is 2. The van der Waals surface area contributed by atoms with Crippen LogP contribution in [-0.4, -0.2) is 6.54 Å². The topological polar surface area (TPSA) is 25.2 Å². The monoisotopic (exact) mass is 359 g/mol. The Morgan fingerprint density at radius 1 is 1.40 bits per heavy atom. The Bertz CT molecular complexity index is 573. The maximum atomic E-state index is 13.1. The molecule has 2 aromatic rings. The van der Waals surface area contributed by atoms with Gasteiger partial charge < -0.3 is 9.73 Å². The molecule has 2 nitrogen and oxygen atoms in total. The second-order valence-electron chi connectivity index (χ2n) is 4.60. The van der Waals surface area contributed by atoms with Gasteiger partial charge in [-0.3, -0.25) is 0 Å². The molecule has 1 atom stereocenters. The summed E-state index contributed by atoms with van der Waals surface area (Å²) in [5.41, 5.74) is 1.95. The molecule has 0 aliphatic heterocycles. The lowest BCUT2D eigenvalue weighted by molar-refractivity contribution is 0.512. The first kappa shape index (κ1) is 15.5. The molecule has 20 heavy (non-hydrogen) atoms. The fraction of sp³-hybridized carbons (Fsp3) is 0.333. The SMILES string of the molecule is CCCNC(Cc1ccc(F)cc1Br)c1ccoc1Cl. The van der Waals surface area contributed by atoms with E-state index >= 15 is 0 Å². The van der Waals surface area contributed by atoms with Crippen LogP contribution in [0.25, 0.3) is 0 Å². The van der Waals surface area contributed by atoms with Crippen LogP contribution < -0.4 is 5.32 Å². The van der Waals surface area contributed by atoms with Crippen molar-refractivity contribution in [3.63, 3.8) is 0 Å². The molecule has 5 heteroatoms. The van der Waals surface area contributed by atoms with Crippen LogP contribution in [0, 0.1) is 5.82 Å². The zero-order valence-corrected chi connectivity index (χ0v) is 13.5. The lowest BCUT2D eigenvalue weighted by Crippen LogP contribution is -2.24. The standard InChI is InChI=1S/C15H16BrClFNO/c1-2-6-19-14(12-5-7-20-15(12)17)8-10-3-4-11(18)9-13(10)16/h3-5,7,9,14,19H,2,6,8H2,1H3. The molecule has 1 unspecified atom stereocenters. The number of benzene rings is 1. The molecule has 0 amide bonds. The van der Waals surface area contributed by atoms with Crippen LogP contribution >= 0.6 is 27.5 Å². The van der Waals surface area contributed by atoms with Gasteiger partial charge in [0.2, 0.25) is 0 Å². The van der Waals surface area contributed by atoms with Crippen molar-refractivity contribution in [1.29, 1.82) is 0 Å². The molecule has 0 fully saturated rings. The van der Waals surface area contributed by atoms with E-state index in [1.807, 2.05) is 6.07 Å². The summed E-state index contributed by atoms with van der Waals surface area (Å²) in [5.74, 6) is -0.250. The summed E-state index contributed by atoms with van der Waals surface area (Å²) in [6.45, 7) is 2.99. The fourth-order valence-electron chi connectivity index (χ4n) is 2.07. The third-order valence-corrected chi connectivity index (χ3v) is 4.15. The van der Waals surface area contributed by atoms with Gasteiger partial charge in [0, 0.05) is 16.1 Å². The molecular weight excluding hydrogens is 345 g/mol. The van der Waals surface area contributed by atoms with Gasteiger partial charge in [0.05, 0.1) is 6.26 Å². The van der Waals surface area contributed by atoms with Crippen molar-refractivity contribution in [1.82, 2.24) is 5.32 Å². The highest BCUT2D eigenvalue weighted by Gasteiger charge is 2.18. The van der Waals surface area contributed by atoms with Gasteiger partial charge in [-0.15, -0.1) is 0 Å². The highest BCUT2D eigenvalue weighted by molar-refractivity contribution is 9.10. The summed E-state index contributed by atoms with van der Waals surface area (Å²) in [6, 6.07) is 6.64. The molecular formula is C15H16BrClFNO. The minimum absolute atomic E-state index is 0.0444. The Balaban J connectivity index is 2.21. The number of nitrogens with one attached hydrogen (secondary N) is 1. The highest BCUT2D eigenvalue weighted by Crippen LogP contribution is 2.29. The average molecular weight is 361 g/mol. The summed E-state index contributed by atoms with van der Waals surface area (Å²) in [4.78, 5) is 0. The van der Waals surface area contributed by atoms with Gasteiger partial charge in [-0.1, -0.05) is 28.9 Å². The minimum atomic E-state index is -0.250. The number of rotatable bonds is 6. The molecule has 0 aliphatic carbocycles. The van der Waals surface area contributed by atoms with Gasteiger partial charge in [0.1, 0.15) is 5.82 Å². The Kier molecular flexibility index (Phi) is 5.64. The highest BCUT2D eigenvalue weighted by atomic mass is 79.9. The van der Waals surface area contributed by atoms with Crippen molar-refractivity contribution < 1.29 is 8.81 Å². The van der Waals surface area contributed by atoms with E-state index in [1.165, 1.54) is 12.1 Å². The number of hydrogen-bond donors (Lipinski definition) is 1. The molecule has 1 heterocycles. The van der Waals surface area contributed by atoms with E-state index in [4.69, 9.17) is 16.0 Å².